The summed E-state index contributed by atoms with van der Waals surface area (Å²) in [5.41, 5.74) is 8.81. The van der Waals surface area contributed by atoms with Gasteiger partial charge in [-0.2, -0.15) is 0 Å². The maximum atomic E-state index is 12.9. The molecule has 0 aliphatic heterocycles. The number of benzene rings is 1. The summed E-state index contributed by atoms with van der Waals surface area (Å²) in [4.78, 5) is 15.5. The Morgan fingerprint density at radius 3 is 2.71 bits per heavy atom. The first-order chi connectivity index (χ1) is 10.0. The van der Waals surface area contributed by atoms with E-state index in [1.54, 1.807) is 30.6 Å². The van der Waals surface area contributed by atoms with E-state index in [2.05, 4.69) is 4.98 Å². The number of Topliss-reactive ketones (excluding diaryl/α,β-unsaturated/α-hetero) is 1. The van der Waals surface area contributed by atoms with E-state index >= 15 is 0 Å². The summed E-state index contributed by atoms with van der Waals surface area (Å²) in [7, 11) is 0. The van der Waals surface area contributed by atoms with Gasteiger partial charge >= 0.3 is 0 Å². The molecule has 5 heteroatoms. The highest BCUT2D eigenvalue weighted by atomic mass is 19.1. The van der Waals surface area contributed by atoms with Crippen molar-refractivity contribution in [3.8, 4) is 0 Å². The van der Waals surface area contributed by atoms with E-state index in [0.29, 0.717) is 17.9 Å². The molecule has 0 fully saturated rings. The van der Waals surface area contributed by atoms with Gasteiger partial charge in [0.15, 0.2) is 5.78 Å². The molecular weight excluding hydrogens is 269 g/mol. The van der Waals surface area contributed by atoms with Crippen LogP contribution in [0.15, 0.2) is 42.7 Å². The van der Waals surface area contributed by atoms with Crippen LogP contribution in [0, 0.1) is 5.82 Å². The van der Waals surface area contributed by atoms with Crippen LogP contribution in [0.2, 0.25) is 0 Å². The van der Waals surface area contributed by atoms with Crippen molar-refractivity contribution in [2.75, 3.05) is 5.73 Å². The highest BCUT2D eigenvalue weighted by Gasteiger charge is 2.10. The summed E-state index contributed by atoms with van der Waals surface area (Å²) < 4.78 is 14.9. The van der Waals surface area contributed by atoms with Crippen molar-refractivity contribution in [3.63, 3.8) is 0 Å². The second-order valence-corrected chi connectivity index (χ2v) is 4.98. The van der Waals surface area contributed by atoms with Crippen LogP contribution in [0.1, 0.15) is 23.0 Å². The molecule has 0 aliphatic carbocycles. The third kappa shape index (κ3) is 2.50. The molecule has 2 aromatic heterocycles. The van der Waals surface area contributed by atoms with E-state index in [9.17, 15) is 9.18 Å². The van der Waals surface area contributed by atoms with Gasteiger partial charge in [-0.25, -0.2) is 4.39 Å². The standard InChI is InChI=1S/C16H14FN3O/c1-10(21)15-6-13-14(18)9-20(16(13)7-19-15)8-11-2-4-12(17)5-3-11/h2-7,9H,8,18H2,1H3. The number of carbonyl (C=O) groups excluding carboxylic acids is 1. The summed E-state index contributed by atoms with van der Waals surface area (Å²) in [5.74, 6) is -0.356. The van der Waals surface area contributed by atoms with Gasteiger partial charge in [-0.1, -0.05) is 12.1 Å². The number of halogens is 1. The van der Waals surface area contributed by atoms with Crippen LogP contribution >= 0.6 is 0 Å². The van der Waals surface area contributed by atoms with Gasteiger partial charge in [-0.05, 0) is 23.8 Å². The van der Waals surface area contributed by atoms with Crippen LogP contribution in [-0.2, 0) is 6.54 Å². The molecule has 21 heavy (non-hydrogen) atoms. The molecule has 3 rings (SSSR count). The summed E-state index contributed by atoms with van der Waals surface area (Å²) in [5, 5.41) is 0.803. The molecule has 0 atom stereocenters. The zero-order chi connectivity index (χ0) is 15.0. The highest BCUT2D eigenvalue weighted by molar-refractivity contribution is 5.99. The Kier molecular flexibility index (Phi) is 3.17. The number of hydrogen-bond donors (Lipinski definition) is 1. The predicted octanol–water partition coefficient (Wildman–Crippen LogP) is 3.01. The molecule has 0 aliphatic rings. The Labute approximate surface area is 121 Å². The number of nitrogens with two attached hydrogens (primary N) is 1. The Bertz CT molecular complexity index is 821. The largest absolute Gasteiger partial charge is 0.397 e. The molecule has 0 saturated heterocycles. The summed E-state index contributed by atoms with van der Waals surface area (Å²) in [6.45, 7) is 2.04. The SMILES string of the molecule is CC(=O)c1cc2c(N)cn(Cc3ccc(F)cc3)c2cn1. The van der Waals surface area contributed by atoms with E-state index in [1.165, 1.54) is 19.1 Å². The lowest BCUT2D eigenvalue weighted by Crippen LogP contribution is -2.00. The zero-order valence-electron chi connectivity index (χ0n) is 11.5. The van der Waals surface area contributed by atoms with E-state index < -0.39 is 0 Å². The van der Waals surface area contributed by atoms with Gasteiger partial charge in [0.2, 0.25) is 0 Å². The lowest BCUT2D eigenvalue weighted by Gasteiger charge is -2.05. The van der Waals surface area contributed by atoms with Gasteiger partial charge in [-0.3, -0.25) is 9.78 Å². The maximum Gasteiger partial charge on any atom is 0.178 e. The Hall–Kier alpha value is -2.69. The Balaban J connectivity index is 2.03. The number of nitrogen functional groups attached to an aromatic ring is 1. The van der Waals surface area contributed by atoms with Crippen LogP contribution in [-0.4, -0.2) is 15.3 Å². The number of aromatic nitrogens is 2. The topological polar surface area (TPSA) is 60.9 Å². The second-order valence-electron chi connectivity index (χ2n) is 4.98. The average Bonchev–Trinajstić information content (AvgIpc) is 2.77. The van der Waals surface area contributed by atoms with E-state index in [-0.39, 0.29) is 11.6 Å². The molecule has 0 saturated carbocycles. The molecule has 4 nitrogen and oxygen atoms in total. The minimum Gasteiger partial charge on any atom is -0.397 e. The molecule has 3 aromatic rings. The third-order valence-electron chi connectivity index (χ3n) is 3.43. The molecule has 2 heterocycles. The lowest BCUT2D eigenvalue weighted by molar-refractivity contribution is 0.101. The van der Waals surface area contributed by atoms with Gasteiger partial charge in [0.05, 0.1) is 17.4 Å². The normalized spacial score (nSPS) is 11.0. The number of ketones is 1. The maximum absolute atomic E-state index is 12.9. The average molecular weight is 283 g/mol. The van der Waals surface area contributed by atoms with Crippen molar-refractivity contribution >= 4 is 22.4 Å². The number of nitrogens with zero attached hydrogens (tertiary/aromatic N) is 2. The van der Waals surface area contributed by atoms with Crippen molar-refractivity contribution < 1.29 is 9.18 Å². The number of fused-ring (bicyclic) bond motifs is 1. The number of anilines is 1. The number of rotatable bonds is 3. The van der Waals surface area contributed by atoms with Crippen molar-refractivity contribution in [3.05, 3.63) is 59.8 Å². The molecule has 106 valence electrons. The van der Waals surface area contributed by atoms with E-state index in [1.807, 2.05) is 4.57 Å². The summed E-state index contributed by atoms with van der Waals surface area (Å²) in [6.07, 6.45) is 3.45. The van der Waals surface area contributed by atoms with Crippen LogP contribution in [0.25, 0.3) is 10.9 Å². The smallest absolute Gasteiger partial charge is 0.178 e. The fourth-order valence-electron chi connectivity index (χ4n) is 2.33. The molecule has 0 bridgehead atoms. The van der Waals surface area contributed by atoms with Crippen molar-refractivity contribution in [2.45, 2.75) is 13.5 Å². The fourth-order valence-corrected chi connectivity index (χ4v) is 2.33. The number of pyridine rings is 1. The molecule has 1 aromatic carbocycles. The van der Waals surface area contributed by atoms with Crippen LogP contribution in [0.3, 0.4) is 0 Å². The summed E-state index contributed by atoms with van der Waals surface area (Å²) >= 11 is 0. The summed E-state index contributed by atoms with van der Waals surface area (Å²) in [6, 6.07) is 8.02. The van der Waals surface area contributed by atoms with Gasteiger partial charge in [0.25, 0.3) is 0 Å². The Morgan fingerprint density at radius 2 is 2.05 bits per heavy atom. The molecule has 2 N–H and O–H groups in total. The van der Waals surface area contributed by atoms with Gasteiger partial charge in [0.1, 0.15) is 11.5 Å². The quantitative estimate of drug-likeness (QED) is 0.752. The van der Waals surface area contributed by atoms with Gasteiger partial charge in [-0.15, -0.1) is 0 Å². The van der Waals surface area contributed by atoms with Crippen LogP contribution in [0.5, 0.6) is 0 Å². The molecule has 0 unspecified atom stereocenters. The van der Waals surface area contributed by atoms with Crippen molar-refractivity contribution in [1.29, 1.82) is 0 Å². The predicted molar refractivity (Wildman–Crippen MR) is 79.7 cm³/mol. The second kappa shape index (κ2) is 5.01. The minimum absolute atomic E-state index is 0.0948. The molecular formula is C16H14FN3O. The monoisotopic (exact) mass is 283 g/mol. The number of hydrogen-bond acceptors (Lipinski definition) is 3. The molecule has 0 radical (unpaired) electrons. The first-order valence-corrected chi connectivity index (χ1v) is 6.54. The van der Waals surface area contributed by atoms with E-state index in [0.717, 1.165) is 16.5 Å². The van der Waals surface area contributed by atoms with Crippen molar-refractivity contribution in [1.82, 2.24) is 9.55 Å². The van der Waals surface area contributed by atoms with E-state index in [4.69, 9.17) is 5.73 Å². The fraction of sp³-hybridized carbons (Fsp3) is 0.125. The van der Waals surface area contributed by atoms with Gasteiger partial charge in [0, 0.05) is 25.1 Å². The van der Waals surface area contributed by atoms with Gasteiger partial charge < -0.3 is 10.3 Å². The highest BCUT2D eigenvalue weighted by Crippen LogP contribution is 2.24. The van der Waals surface area contributed by atoms with Crippen molar-refractivity contribution in [2.24, 2.45) is 0 Å². The number of carbonyl (C=O) groups is 1. The van der Waals surface area contributed by atoms with Crippen LogP contribution in [0.4, 0.5) is 10.1 Å². The molecule has 0 spiro atoms. The minimum atomic E-state index is -0.261. The zero-order valence-corrected chi connectivity index (χ0v) is 11.5. The lowest BCUT2D eigenvalue weighted by atomic mass is 10.2. The molecule has 0 amide bonds. The third-order valence-corrected chi connectivity index (χ3v) is 3.43. The van der Waals surface area contributed by atoms with Crippen LogP contribution < -0.4 is 5.73 Å². The first-order valence-electron chi connectivity index (χ1n) is 6.54. The Morgan fingerprint density at radius 1 is 1.33 bits per heavy atom. The first kappa shape index (κ1) is 13.3.